The molecule has 0 aliphatic heterocycles. The standard InChI is InChI=1S/C22H28ClFN2/c1-17(25-16-18-10-6-4-5-7-11-18)26-19-12-8-14-20(22(2,3)24)21(23)15-9-13-19/h4-7,9-10,12,15,25-26H,1,8,11,13-14,16H2,2-3H3/b15-9+,19-12+,21-20-. The second-order valence-corrected chi connectivity index (χ2v) is 7.38. The Bertz CT molecular complexity index is 700. The van der Waals surface area contributed by atoms with E-state index in [1.54, 1.807) is 19.9 Å². The summed E-state index contributed by atoms with van der Waals surface area (Å²) < 4.78 is 14.3. The lowest BCUT2D eigenvalue weighted by molar-refractivity contribution is 0.261. The first-order valence-corrected chi connectivity index (χ1v) is 9.38. The molecule has 2 rings (SSSR count). The van der Waals surface area contributed by atoms with Crippen LogP contribution in [0.4, 0.5) is 4.39 Å². The Hall–Kier alpha value is -2.00. The zero-order chi connectivity index (χ0) is 19.0. The van der Waals surface area contributed by atoms with Crippen molar-refractivity contribution in [2.24, 2.45) is 0 Å². The summed E-state index contributed by atoms with van der Waals surface area (Å²) in [6, 6.07) is 0. The Morgan fingerprint density at radius 2 is 2.04 bits per heavy atom. The highest BCUT2D eigenvalue weighted by molar-refractivity contribution is 6.31. The van der Waals surface area contributed by atoms with Gasteiger partial charge in [0.2, 0.25) is 0 Å². The molecule has 0 aromatic heterocycles. The van der Waals surface area contributed by atoms with Gasteiger partial charge < -0.3 is 10.6 Å². The molecule has 0 saturated carbocycles. The van der Waals surface area contributed by atoms with E-state index in [1.165, 1.54) is 5.57 Å². The predicted octanol–water partition coefficient (Wildman–Crippen LogP) is 5.94. The van der Waals surface area contributed by atoms with Crippen molar-refractivity contribution in [1.29, 1.82) is 0 Å². The van der Waals surface area contributed by atoms with Gasteiger partial charge in [0.05, 0.1) is 5.82 Å². The van der Waals surface area contributed by atoms with Crippen LogP contribution in [0.3, 0.4) is 0 Å². The fraction of sp³-hybridized carbons (Fsp3) is 0.364. The topological polar surface area (TPSA) is 24.1 Å². The zero-order valence-corrected chi connectivity index (χ0v) is 16.4. The molecule has 0 fully saturated rings. The smallest absolute Gasteiger partial charge is 0.128 e. The predicted molar refractivity (Wildman–Crippen MR) is 110 cm³/mol. The van der Waals surface area contributed by atoms with Gasteiger partial charge >= 0.3 is 0 Å². The quantitative estimate of drug-likeness (QED) is 0.600. The molecule has 0 bridgehead atoms. The van der Waals surface area contributed by atoms with Gasteiger partial charge in [-0.1, -0.05) is 60.7 Å². The highest BCUT2D eigenvalue weighted by Gasteiger charge is 2.24. The SMILES string of the molecule is C=C(NCC1=CC=CC=CC1)N/C1=C/CC/C(C(C)(C)F)=C(Cl)\C=C\C1. The third kappa shape index (κ3) is 6.72. The molecule has 0 saturated heterocycles. The molecule has 26 heavy (non-hydrogen) atoms. The molecule has 0 aromatic carbocycles. The van der Waals surface area contributed by atoms with Crippen molar-refractivity contribution >= 4 is 11.6 Å². The molecule has 140 valence electrons. The summed E-state index contributed by atoms with van der Waals surface area (Å²) in [7, 11) is 0. The average molecular weight is 375 g/mol. The van der Waals surface area contributed by atoms with Crippen LogP contribution in [0.2, 0.25) is 0 Å². The summed E-state index contributed by atoms with van der Waals surface area (Å²) in [5, 5.41) is 7.15. The fourth-order valence-electron chi connectivity index (χ4n) is 2.88. The van der Waals surface area contributed by atoms with Crippen LogP contribution in [0, 0.1) is 0 Å². The molecule has 0 heterocycles. The molecule has 0 aromatic rings. The van der Waals surface area contributed by atoms with Crippen molar-refractivity contribution < 1.29 is 4.39 Å². The van der Waals surface area contributed by atoms with Crippen molar-refractivity contribution in [1.82, 2.24) is 10.6 Å². The summed E-state index contributed by atoms with van der Waals surface area (Å²) in [5.41, 5.74) is 1.57. The minimum Gasteiger partial charge on any atom is -0.368 e. The number of allylic oxidation sites excluding steroid dienone is 10. The molecule has 0 amide bonds. The Kier molecular flexibility index (Phi) is 7.52. The van der Waals surface area contributed by atoms with Gasteiger partial charge in [-0.25, -0.2) is 4.39 Å². The Morgan fingerprint density at radius 1 is 1.23 bits per heavy atom. The maximum Gasteiger partial charge on any atom is 0.128 e. The highest BCUT2D eigenvalue weighted by Crippen LogP contribution is 2.31. The molecular weight excluding hydrogens is 347 g/mol. The van der Waals surface area contributed by atoms with Crippen LogP contribution in [0.5, 0.6) is 0 Å². The molecule has 0 spiro atoms. The number of nitrogens with one attached hydrogen (secondary N) is 2. The number of hydrogen-bond acceptors (Lipinski definition) is 2. The van der Waals surface area contributed by atoms with Gasteiger partial charge in [-0.2, -0.15) is 0 Å². The van der Waals surface area contributed by atoms with E-state index < -0.39 is 5.67 Å². The van der Waals surface area contributed by atoms with E-state index >= 15 is 0 Å². The maximum atomic E-state index is 14.3. The molecule has 4 heteroatoms. The van der Waals surface area contributed by atoms with E-state index in [0.717, 1.165) is 30.9 Å². The molecule has 0 radical (unpaired) electrons. The molecule has 2 aliphatic carbocycles. The Morgan fingerprint density at radius 3 is 2.81 bits per heavy atom. The van der Waals surface area contributed by atoms with Gasteiger partial charge in [-0.15, -0.1) is 0 Å². The summed E-state index contributed by atoms with van der Waals surface area (Å²) >= 11 is 6.28. The van der Waals surface area contributed by atoms with E-state index in [9.17, 15) is 4.39 Å². The molecule has 2 N–H and O–H groups in total. The van der Waals surface area contributed by atoms with Crippen molar-refractivity contribution in [3.63, 3.8) is 0 Å². The van der Waals surface area contributed by atoms with Crippen molar-refractivity contribution in [2.75, 3.05) is 6.54 Å². The second-order valence-electron chi connectivity index (χ2n) is 6.97. The lowest BCUT2D eigenvalue weighted by atomic mass is 9.95. The molecule has 0 atom stereocenters. The van der Waals surface area contributed by atoms with Crippen molar-refractivity contribution in [2.45, 2.75) is 45.2 Å². The lowest BCUT2D eigenvalue weighted by Gasteiger charge is -2.19. The van der Waals surface area contributed by atoms with Crippen LogP contribution < -0.4 is 10.6 Å². The van der Waals surface area contributed by atoms with Crippen molar-refractivity contribution in [3.05, 3.63) is 82.9 Å². The third-order valence-corrected chi connectivity index (χ3v) is 4.66. The second kappa shape index (κ2) is 9.63. The van der Waals surface area contributed by atoms with Crippen LogP contribution in [0.25, 0.3) is 0 Å². The minimum absolute atomic E-state index is 0.505. The Labute approximate surface area is 161 Å². The number of hydrogen-bond donors (Lipinski definition) is 2. The van der Waals surface area contributed by atoms with E-state index in [0.29, 0.717) is 23.4 Å². The molecular formula is C22H28ClFN2. The fourth-order valence-corrected chi connectivity index (χ4v) is 3.29. The summed E-state index contributed by atoms with van der Waals surface area (Å²) in [4.78, 5) is 0. The molecule has 0 unspecified atom stereocenters. The monoisotopic (exact) mass is 374 g/mol. The van der Waals surface area contributed by atoms with E-state index in [4.69, 9.17) is 11.6 Å². The normalized spacial score (nSPS) is 24.3. The van der Waals surface area contributed by atoms with E-state index in [2.05, 4.69) is 41.5 Å². The number of rotatable bonds is 6. The lowest BCUT2D eigenvalue weighted by Crippen LogP contribution is -2.26. The summed E-state index contributed by atoms with van der Waals surface area (Å²) in [5.74, 6) is 0.757. The van der Waals surface area contributed by atoms with Gasteiger partial charge in [-0.3, -0.25) is 0 Å². The third-order valence-electron chi connectivity index (χ3n) is 4.30. The maximum absolute atomic E-state index is 14.3. The van der Waals surface area contributed by atoms with Crippen LogP contribution in [0.15, 0.2) is 82.9 Å². The zero-order valence-electron chi connectivity index (χ0n) is 15.6. The molecule has 2 nitrogen and oxygen atoms in total. The van der Waals surface area contributed by atoms with Crippen molar-refractivity contribution in [3.8, 4) is 0 Å². The van der Waals surface area contributed by atoms with Gasteiger partial charge in [-0.05, 0) is 50.3 Å². The van der Waals surface area contributed by atoms with Crippen LogP contribution in [-0.2, 0) is 0 Å². The average Bonchev–Trinajstić information content (AvgIpc) is 2.79. The van der Waals surface area contributed by atoms with Crippen LogP contribution in [0.1, 0.15) is 39.5 Å². The van der Waals surface area contributed by atoms with Gasteiger partial charge in [0, 0.05) is 23.7 Å². The van der Waals surface area contributed by atoms with E-state index in [-0.39, 0.29) is 0 Å². The Balaban J connectivity index is 1.91. The summed E-state index contributed by atoms with van der Waals surface area (Å²) in [6.45, 7) is 7.91. The van der Waals surface area contributed by atoms with Gasteiger partial charge in [0.15, 0.2) is 0 Å². The van der Waals surface area contributed by atoms with E-state index in [1.807, 2.05) is 18.2 Å². The largest absolute Gasteiger partial charge is 0.368 e. The highest BCUT2D eigenvalue weighted by atomic mass is 35.5. The number of alkyl halides is 1. The van der Waals surface area contributed by atoms with Gasteiger partial charge in [0.25, 0.3) is 0 Å². The van der Waals surface area contributed by atoms with Crippen LogP contribution >= 0.6 is 11.6 Å². The van der Waals surface area contributed by atoms with Gasteiger partial charge in [0.1, 0.15) is 5.67 Å². The minimum atomic E-state index is -1.41. The first-order chi connectivity index (χ1) is 12.4. The first-order valence-electron chi connectivity index (χ1n) is 9.01. The summed E-state index contributed by atoms with van der Waals surface area (Å²) in [6.07, 6.45) is 19.2. The van der Waals surface area contributed by atoms with Crippen LogP contribution in [-0.4, -0.2) is 12.2 Å². The first kappa shape index (κ1) is 20.3. The molecule has 2 aliphatic rings. The number of halogens is 2.